The van der Waals surface area contributed by atoms with Crippen molar-refractivity contribution >= 4 is 37.3 Å². The molecule has 6 heteroatoms. The second-order valence-electron chi connectivity index (χ2n) is 5.02. The first kappa shape index (κ1) is 16.1. The zero-order chi connectivity index (χ0) is 13.9. The maximum atomic E-state index is 12.1. The van der Waals surface area contributed by atoms with Crippen LogP contribution in [0, 0.1) is 12.8 Å². The van der Waals surface area contributed by atoms with Gasteiger partial charge in [-0.3, -0.25) is 0 Å². The number of nitrogens with one attached hydrogen (secondary N) is 1. The highest BCUT2D eigenvalue weighted by molar-refractivity contribution is 9.11. The monoisotopic (exact) mass is 353 g/mol. The van der Waals surface area contributed by atoms with E-state index < -0.39 is 10.0 Å². The van der Waals surface area contributed by atoms with Crippen LogP contribution in [0.1, 0.15) is 39.2 Å². The number of hydrogen-bond donors (Lipinski definition) is 1. The fourth-order valence-electron chi connectivity index (χ4n) is 1.53. The lowest BCUT2D eigenvalue weighted by Gasteiger charge is -2.14. The molecule has 104 valence electrons. The molecule has 0 spiro atoms. The van der Waals surface area contributed by atoms with Crippen molar-refractivity contribution in [2.24, 2.45) is 5.92 Å². The van der Waals surface area contributed by atoms with Gasteiger partial charge in [0.1, 0.15) is 4.21 Å². The average Bonchev–Trinajstić information content (AvgIpc) is 2.56. The molecule has 0 fully saturated rings. The third-order valence-electron chi connectivity index (χ3n) is 2.63. The second kappa shape index (κ2) is 6.50. The quantitative estimate of drug-likeness (QED) is 0.842. The minimum Gasteiger partial charge on any atom is -0.208 e. The van der Waals surface area contributed by atoms with Gasteiger partial charge in [-0.25, -0.2) is 13.1 Å². The van der Waals surface area contributed by atoms with Crippen LogP contribution in [0.2, 0.25) is 0 Å². The first-order valence-corrected chi connectivity index (χ1v) is 9.10. The molecule has 0 aliphatic heterocycles. The highest BCUT2D eigenvalue weighted by atomic mass is 79.9. The largest absolute Gasteiger partial charge is 0.250 e. The molecule has 3 nitrogen and oxygen atoms in total. The van der Waals surface area contributed by atoms with Gasteiger partial charge >= 0.3 is 0 Å². The summed E-state index contributed by atoms with van der Waals surface area (Å²) in [6, 6.07) is 1.67. The molecule has 1 rings (SSSR count). The normalized spacial score (nSPS) is 14.1. The van der Waals surface area contributed by atoms with Gasteiger partial charge in [0, 0.05) is 6.04 Å². The van der Waals surface area contributed by atoms with E-state index in [1.807, 2.05) is 13.8 Å². The minimum absolute atomic E-state index is 0.0291. The van der Waals surface area contributed by atoms with Crippen molar-refractivity contribution in [1.29, 1.82) is 0 Å². The lowest BCUT2D eigenvalue weighted by molar-refractivity contribution is 0.486. The molecule has 0 radical (unpaired) electrons. The van der Waals surface area contributed by atoms with E-state index in [1.165, 1.54) is 11.3 Å². The van der Waals surface area contributed by atoms with Gasteiger partial charge in [-0.15, -0.1) is 11.3 Å². The number of aryl methyl sites for hydroxylation is 1. The van der Waals surface area contributed by atoms with Gasteiger partial charge in [-0.05, 0) is 60.2 Å². The topological polar surface area (TPSA) is 46.2 Å². The van der Waals surface area contributed by atoms with E-state index in [2.05, 4.69) is 34.5 Å². The van der Waals surface area contributed by atoms with Crippen LogP contribution in [0.3, 0.4) is 0 Å². The fourth-order valence-corrected chi connectivity index (χ4v) is 5.05. The van der Waals surface area contributed by atoms with Crippen molar-refractivity contribution in [1.82, 2.24) is 4.72 Å². The Morgan fingerprint density at radius 1 is 1.33 bits per heavy atom. The average molecular weight is 354 g/mol. The summed E-state index contributed by atoms with van der Waals surface area (Å²) in [4.78, 5) is 0. The van der Waals surface area contributed by atoms with Crippen molar-refractivity contribution in [2.75, 3.05) is 0 Å². The Balaban J connectivity index is 2.70. The Bertz CT molecular complexity index is 475. The van der Waals surface area contributed by atoms with Crippen LogP contribution in [0.4, 0.5) is 0 Å². The second-order valence-corrected chi connectivity index (χ2v) is 9.33. The lowest BCUT2D eigenvalue weighted by Crippen LogP contribution is -2.32. The van der Waals surface area contributed by atoms with E-state index in [-0.39, 0.29) is 6.04 Å². The molecule has 1 N–H and O–H groups in total. The molecule has 0 aliphatic rings. The predicted octanol–water partition coefficient (Wildman–Crippen LogP) is 3.92. The van der Waals surface area contributed by atoms with Crippen LogP contribution < -0.4 is 4.72 Å². The van der Waals surface area contributed by atoms with E-state index in [9.17, 15) is 8.42 Å². The highest BCUT2D eigenvalue weighted by Gasteiger charge is 2.20. The predicted molar refractivity (Wildman–Crippen MR) is 80.6 cm³/mol. The van der Waals surface area contributed by atoms with Crippen LogP contribution in [-0.2, 0) is 10.0 Å². The number of hydrogen-bond acceptors (Lipinski definition) is 3. The molecule has 1 aromatic heterocycles. The molecule has 0 aromatic carbocycles. The fraction of sp³-hybridized carbons (Fsp3) is 0.667. The van der Waals surface area contributed by atoms with Crippen LogP contribution in [0.25, 0.3) is 0 Å². The molecule has 0 amide bonds. The molecule has 1 atom stereocenters. The van der Waals surface area contributed by atoms with Gasteiger partial charge in [0.2, 0.25) is 10.0 Å². The van der Waals surface area contributed by atoms with Gasteiger partial charge in [0.25, 0.3) is 0 Å². The first-order chi connectivity index (χ1) is 8.22. The van der Waals surface area contributed by atoms with Crippen molar-refractivity contribution in [3.63, 3.8) is 0 Å². The van der Waals surface area contributed by atoms with Crippen molar-refractivity contribution in [2.45, 2.75) is 50.8 Å². The highest BCUT2D eigenvalue weighted by Crippen LogP contribution is 2.30. The minimum atomic E-state index is -3.37. The summed E-state index contributed by atoms with van der Waals surface area (Å²) >= 11 is 4.60. The Kier molecular flexibility index (Phi) is 5.83. The molecule has 1 aromatic rings. The summed E-state index contributed by atoms with van der Waals surface area (Å²) in [5.41, 5.74) is 0.954. The molecular formula is C12H20BrNO2S2. The molecule has 0 aliphatic carbocycles. The third-order valence-corrected chi connectivity index (χ3v) is 6.83. The molecular weight excluding hydrogens is 334 g/mol. The summed E-state index contributed by atoms with van der Waals surface area (Å²) < 4.78 is 28.2. The molecule has 0 saturated heterocycles. The molecule has 1 heterocycles. The van der Waals surface area contributed by atoms with E-state index in [4.69, 9.17) is 0 Å². The molecule has 0 saturated carbocycles. The standard InChI is InChI=1S/C12H20BrNO2S2/c1-8(2)5-6-10(4)14-18(15,16)11-7-9(3)12(13)17-11/h7-8,10,14H,5-6H2,1-4H3. The van der Waals surface area contributed by atoms with E-state index in [0.29, 0.717) is 10.1 Å². The van der Waals surface area contributed by atoms with E-state index >= 15 is 0 Å². The molecule has 0 bridgehead atoms. The number of rotatable bonds is 6. The van der Waals surface area contributed by atoms with Crippen molar-refractivity contribution < 1.29 is 8.42 Å². The third kappa shape index (κ3) is 4.64. The Hall–Kier alpha value is 0.0900. The number of thiophene rings is 1. The zero-order valence-corrected chi connectivity index (χ0v) is 14.4. The number of sulfonamides is 1. The summed E-state index contributed by atoms with van der Waals surface area (Å²) in [5, 5.41) is 0. The van der Waals surface area contributed by atoms with Gasteiger partial charge in [-0.2, -0.15) is 0 Å². The Morgan fingerprint density at radius 3 is 2.39 bits per heavy atom. The summed E-state index contributed by atoms with van der Waals surface area (Å²) in [7, 11) is -3.37. The number of halogens is 1. The van der Waals surface area contributed by atoms with Gasteiger partial charge in [-0.1, -0.05) is 13.8 Å². The lowest BCUT2D eigenvalue weighted by atomic mass is 10.1. The van der Waals surface area contributed by atoms with Crippen LogP contribution in [0.15, 0.2) is 14.1 Å². The van der Waals surface area contributed by atoms with Crippen LogP contribution >= 0.6 is 27.3 Å². The Labute approximate surface area is 122 Å². The van der Waals surface area contributed by atoms with Gasteiger partial charge in [0.15, 0.2) is 0 Å². The SMILES string of the molecule is Cc1cc(S(=O)(=O)NC(C)CCC(C)C)sc1Br. The summed E-state index contributed by atoms with van der Waals surface area (Å²) in [6.45, 7) is 8.08. The van der Waals surface area contributed by atoms with E-state index in [1.54, 1.807) is 6.07 Å². The van der Waals surface area contributed by atoms with Gasteiger partial charge < -0.3 is 0 Å². The van der Waals surface area contributed by atoms with E-state index in [0.717, 1.165) is 22.2 Å². The smallest absolute Gasteiger partial charge is 0.208 e. The van der Waals surface area contributed by atoms with Crippen LogP contribution in [-0.4, -0.2) is 14.5 Å². The first-order valence-electron chi connectivity index (χ1n) is 6.00. The molecule has 1 unspecified atom stereocenters. The molecule has 18 heavy (non-hydrogen) atoms. The zero-order valence-electron chi connectivity index (χ0n) is 11.2. The Morgan fingerprint density at radius 2 is 1.94 bits per heavy atom. The van der Waals surface area contributed by atoms with Crippen LogP contribution in [0.5, 0.6) is 0 Å². The van der Waals surface area contributed by atoms with Crippen molar-refractivity contribution in [3.05, 3.63) is 15.4 Å². The summed E-state index contributed by atoms with van der Waals surface area (Å²) in [6.07, 6.45) is 1.89. The maximum Gasteiger partial charge on any atom is 0.250 e. The van der Waals surface area contributed by atoms with Gasteiger partial charge in [0.05, 0.1) is 3.79 Å². The summed E-state index contributed by atoms with van der Waals surface area (Å²) in [5.74, 6) is 0.593. The maximum absolute atomic E-state index is 12.1. The van der Waals surface area contributed by atoms with Crippen molar-refractivity contribution in [3.8, 4) is 0 Å².